The Hall–Kier alpha value is -5.28. The van der Waals surface area contributed by atoms with Gasteiger partial charge in [0, 0.05) is 16.5 Å². The zero-order chi connectivity index (χ0) is 25.8. The van der Waals surface area contributed by atoms with E-state index >= 15 is 0 Å². The Labute approximate surface area is 226 Å². The first-order valence-corrected chi connectivity index (χ1v) is 13.1. The number of benzene rings is 6. The first kappa shape index (κ1) is 21.8. The maximum Gasteiger partial charge on any atom is 0.170 e. The van der Waals surface area contributed by atoms with E-state index in [9.17, 15) is 0 Å². The van der Waals surface area contributed by atoms with Crippen LogP contribution in [0.25, 0.3) is 49.7 Å². The molecule has 1 aliphatic rings. The summed E-state index contributed by atoms with van der Waals surface area (Å²) in [7, 11) is 0. The van der Waals surface area contributed by atoms with E-state index in [0.29, 0.717) is 0 Å². The fourth-order valence-corrected chi connectivity index (χ4v) is 5.57. The van der Waals surface area contributed by atoms with Gasteiger partial charge in [-0.1, -0.05) is 84.9 Å². The highest BCUT2D eigenvalue weighted by Crippen LogP contribution is 2.46. The average Bonchev–Trinajstić information content (AvgIpc) is 3.34. The van der Waals surface area contributed by atoms with Crippen molar-refractivity contribution in [2.45, 2.75) is 0 Å². The van der Waals surface area contributed by atoms with E-state index in [-0.39, 0.29) is 0 Å². The highest BCUT2D eigenvalue weighted by molar-refractivity contribution is 6.10. The van der Waals surface area contributed by atoms with Gasteiger partial charge >= 0.3 is 0 Å². The number of rotatable bonds is 3. The Morgan fingerprint density at radius 1 is 0.359 bits per heavy atom. The second kappa shape index (κ2) is 8.64. The van der Waals surface area contributed by atoms with E-state index in [1.807, 2.05) is 36.4 Å². The molecule has 0 radical (unpaired) electrons. The van der Waals surface area contributed by atoms with Crippen LogP contribution in [-0.4, -0.2) is 4.57 Å². The standard InChI is InChI=1S/C36H23NO2/c1-2-8-24(9-3-1)25-14-18-28(19-15-25)37-31-11-5-4-10-29(31)30-22-26(16-20-32(30)37)27-17-21-35-36(23-27)39-34-13-7-6-12-33(34)38-35/h1-23H. The second-order valence-electron chi connectivity index (χ2n) is 9.81. The molecule has 3 nitrogen and oxygen atoms in total. The Bertz CT molecular complexity index is 2000. The monoisotopic (exact) mass is 501 g/mol. The molecular weight excluding hydrogens is 478 g/mol. The van der Waals surface area contributed by atoms with Gasteiger partial charge in [-0.25, -0.2) is 0 Å². The Morgan fingerprint density at radius 3 is 1.74 bits per heavy atom. The molecule has 39 heavy (non-hydrogen) atoms. The van der Waals surface area contributed by atoms with Crippen LogP contribution in [-0.2, 0) is 0 Å². The third kappa shape index (κ3) is 3.59. The third-order valence-electron chi connectivity index (χ3n) is 7.47. The van der Waals surface area contributed by atoms with Crippen molar-refractivity contribution in [3.8, 4) is 50.9 Å². The molecule has 0 atom stereocenters. The summed E-state index contributed by atoms with van der Waals surface area (Å²) in [5.74, 6) is 2.93. The smallest absolute Gasteiger partial charge is 0.170 e. The molecule has 0 saturated heterocycles. The summed E-state index contributed by atoms with van der Waals surface area (Å²) in [6.45, 7) is 0. The molecule has 0 unspecified atom stereocenters. The SMILES string of the molecule is c1ccc(-c2ccc(-n3c4ccccc4c4cc(-c5ccc6c(c5)Oc5ccccc5O6)ccc43)cc2)cc1. The zero-order valence-corrected chi connectivity index (χ0v) is 21.0. The van der Waals surface area contributed by atoms with Crippen molar-refractivity contribution in [2.75, 3.05) is 0 Å². The lowest BCUT2D eigenvalue weighted by Crippen LogP contribution is -1.98. The number of hydrogen-bond donors (Lipinski definition) is 0. The molecule has 1 aromatic heterocycles. The fraction of sp³-hybridized carbons (Fsp3) is 0. The Kier molecular flexibility index (Phi) is 4.82. The molecule has 184 valence electrons. The van der Waals surface area contributed by atoms with Crippen molar-refractivity contribution in [1.29, 1.82) is 0 Å². The summed E-state index contributed by atoms with van der Waals surface area (Å²) in [6, 6.07) is 48.5. The number of para-hydroxylation sites is 3. The van der Waals surface area contributed by atoms with Crippen LogP contribution in [0.5, 0.6) is 23.0 Å². The fourth-order valence-electron chi connectivity index (χ4n) is 5.57. The average molecular weight is 502 g/mol. The first-order valence-electron chi connectivity index (χ1n) is 13.1. The molecule has 0 fully saturated rings. The lowest BCUT2D eigenvalue weighted by molar-refractivity contribution is 0.360. The molecule has 0 aliphatic carbocycles. The summed E-state index contributed by atoms with van der Waals surface area (Å²) < 4.78 is 14.6. The predicted octanol–water partition coefficient (Wildman–Crippen LogP) is 10.0. The van der Waals surface area contributed by atoms with Gasteiger partial charge in [0.05, 0.1) is 11.0 Å². The Morgan fingerprint density at radius 2 is 0.923 bits per heavy atom. The third-order valence-corrected chi connectivity index (χ3v) is 7.47. The van der Waals surface area contributed by atoms with Crippen LogP contribution in [0.4, 0.5) is 0 Å². The second-order valence-corrected chi connectivity index (χ2v) is 9.81. The summed E-state index contributed by atoms with van der Waals surface area (Å²) in [5.41, 5.74) is 8.17. The molecule has 0 bridgehead atoms. The molecule has 6 aromatic carbocycles. The number of ether oxygens (including phenoxy) is 2. The summed E-state index contributed by atoms with van der Waals surface area (Å²) >= 11 is 0. The topological polar surface area (TPSA) is 23.4 Å². The van der Waals surface area contributed by atoms with Gasteiger partial charge < -0.3 is 14.0 Å². The van der Waals surface area contributed by atoms with E-state index in [0.717, 1.165) is 39.8 Å². The molecular formula is C36H23NO2. The number of nitrogens with zero attached hydrogens (tertiary/aromatic N) is 1. The molecule has 0 spiro atoms. The van der Waals surface area contributed by atoms with Gasteiger partial charge in [0.1, 0.15) is 0 Å². The number of aromatic nitrogens is 1. The van der Waals surface area contributed by atoms with Crippen LogP contribution in [0.3, 0.4) is 0 Å². The van der Waals surface area contributed by atoms with Crippen molar-refractivity contribution < 1.29 is 9.47 Å². The summed E-state index contributed by atoms with van der Waals surface area (Å²) in [5, 5.41) is 2.45. The van der Waals surface area contributed by atoms with E-state index in [4.69, 9.17) is 9.47 Å². The van der Waals surface area contributed by atoms with Crippen molar-refractivity contribution in [1.82, 2.24) is 4.57 Å². The van der Waals surface area contributed by atoms with Crippen LogP contribution in [0, 0.1) is 0 Å². The van der Waals surface area contributed by atoms with Crippen molar-refractivity contribution in [2.24, 2.45) is 0 Å². The molecule has 2 heterocycles. The number of fused-ring (bicyclic) bond motifs is 5. The minimum Gasteiger partial charge on any atom is -0.450 e. The van der Waals surface area contributed by atoms with Crippen LogP contribution < -0.4 is 9.47 Å². The van der Waals surface area contributed by atoms with E-state index in [1.54, 1.807) is 0 Å². The Balaban J connectivity index is 1.23. The van der Waals surface area contributed by atoms with Crippen LogP contribution >= 0.6 is 0 Å². The molecule has 8 rings (SSSR count). The van der Waals surface area contributed by atoms with E-state index in [1.165, 1.54) is 32.9 Å². The maximum absolute atomic E-state index is 6.17. The normalized spacial score (nSPS) is 12.0. The van der Waals surface area contributed by atoms with Crippen LogP contribution in [0.2, 0.25) is 0 Å². The maximum atomic E-state index is 6.17. The van der Waals surface area contributed by atoms with Gasteiger partial charge in [0.25, 0.3) is 0 Å². The van der Waals surface area contributed by atoms with E-state index in [2.05, 4.69) is 108 Å². The quantitative estimate of drug-likeness (QED) is 0.240. The van der Waals surface area contributed by atoms with Gasteiger partial charge in [0.2, 0.25) is 0 Å². The molecule has 0 N–H and O–H groups in total. The van der Waals surface area contributed by atoms with Gasteiger partial charge in [0.15, 0.2) is 23.0 Å². The largest absolute Gasteiger partial charge is 0.450 e. The van der Waals surface area contributed by atoms with Crippen LogP contribution in [0.1, 0.15) is 0 Å². The predicted molar refractivity (Wildman–Crippen MR) is 158 cm³/mol. The lowest BCUT2D eigenvalue weighted by atomic mass is 10.0. The number of hydrogen-bond acceptors (Lipinski definition) is 2. The summed E-state index contributed by atoms with van der Waals surface area (Å²) in [4.78, 5) is 0. The van der Waals surface area contributed by atoms with Gasteiger partial charge in [-0.3, -0.25) is 0 Å². The van der Waals surface area contributed by atoms with Crippen LogP contribution in [0.15, 0.2) is 140 Å². The molecule has 0 amide bonds. The molecule has 1 aliphatic heterocycles. The minimum absolute atomic E-state index is 0.729. The highest BCUT2D eigenvalue weighted by atomic mass is 16.6. The van der Waals surface area contributed by atoms with Gasteiger partial charge in [-0.05, 0) is 76.9 Å². The minimum atomic E-state index is 0.729. The zero-order valence-electron chi connectivity index (χ0n) is 21.0. The van der Waals surface area contributed by atoms with E-state index < -0.39 is 0 Å². The molecule has 0 saturated carbocycles. The van der Waals surface area contributed by atoms with Crippen molar-refractivity contribution in [3.63, 3.8) is 0 Å². The summed E-state index contributed by atoms with van der Waals surface area (Å²) in [6.07, 6.45) is 0. The van der Waals surface area contributed by atoms with Crippen molar-refractivity contribution in [3.05, 3.63) is 140 Å². The molecule has 3 heteroatoms. The highest BCUT2D eigenvalue weighted by Gasteiger charge is 2.19. The molecule has 7 aromatic rings. The first-order chi connectivity index (χ1) is 19.3. The van der Waals surface area contributed by atoms with Gasteiger partial charge in [-0.15, -0.1) is 0 Å². The van der Waals surface area contributed by atoms with Gasteiger partial charge in [-0.2, -0.15) is 0 Å². The van der Waals surface area contributed by atoms with Crippen molar-refractivity contribution >= 4 is 21.8 Å². The lowest BCUT2D eigenvalue weighted by Gasteiger charge is -2.21.